The van der Waals surface area contributed by atoms with Gasteiger partial charge in [-0.1, -0.05) is 6.07 Å². The van der Waals surface area contributed by atoms with Crippen LogP contribution in [-0.4, -0.2) is 25.4 Å². The number of aromatic carboxylic acids is 1. The number of nitrogens with zero attached hydrogens (tertiary/aromatic N) is 2. The molecule has 0 aliphatic heterocycles. The van der Waals surface area contributed by atoms with Gasteiger partial charge in [0, 0.05) is 0 Å². The van der Waals surface area contributed by atoms with Gasteiger partial charge in [0.2, 0.25) is 10.7 Å². The molecular formula is C10H9N3O3S. The number of imidazole rings is 1. The predicted octanol–water partition coefficient (Wildman–Crippen LogP) is 1.13. The van der Waals surface area contributed by atoms with Crippen LogP contribution < -0.4 is 5.84 Å². The van der Waals surface area contributed by atoms with E-state index in [2.05, 4.69) is 0 Å². The fourth-order valence-corrected chi connectivity index (χ4v) is 1.72. The average Bonchev–Trinajstić information content (AvgIpc) is 2.53. The molecule has 1 aromatic heterocycles. The highest BCUT2D eigenvalue weighted by molar-refractivity contribution is 7.71. The first-order valence-electron chi connectivity index (χ1n) is 4.63. The van der Waals surface area contributed by atoms with Crippen LogP contribution in [0.5, 0.6) is 5.88 Å². The Hall–Kier alpha value is -2.28. The van der Waals surface area contributed by atoms with Gasteiger partial charge in [-0.15, -0.1) is 0 Å². The van der Waals surface area contributed by atoms with Gasteiger partial charge in [-0.3, -0.25) is 4.57 Å². The molecule has 2 rings (SSSR count). The molecule has 0 unspecified atom stereocenters. The van der Waals surface area contributed by atoms with Gasteiger partial charge in [-0.25, -0.2) is 9.47 Å². The van der Waals surface area contributed by atoms with E-state index < -0.39 is 5.97 Å². The summed E-state index contributed by atoms with van der Waals surface area (Å²) in [4.78, 5) is 10.8. The lowest BCUT2D eigenvalue weighted by Crippen LogP contribution is -2.07. The fourth-order valence-electron chi connectivity index (χ4n) is 1.47. The van der Waals surface area contributed by atoms with Crippen LogP contribution in [0.3, 0.4) is 0 Å². The summed E-state index contributed by atoms with van der Waals surface area (Å²) in [5.74, 6) is 4.29. The summed E-state index contributed by atoms with van der Waals surface area (Å²) in [6, 6.07) is 6.04. The first-order chi connectivity index (χ1) is 8.00. The SMILES string of the molecule is Nn1cc(O)n(-c2cccc(C(=O)O)c2)c1=S. The lowest BCUT2D eigenvalue weighted by atomic mass is 10.2. The standard InChI is InChI=1S/C10H9N3O3S/c11-12-5-8(14)13(10(12)17)7-3-1-2-6(4-7)9(15)16/h1-5,14H,11H2,(H,15,16). The number of aromatic hydroxyl groups is 1. The summed E-state index contributed by atoms with van der Waals surface area (Å²) in [5.41, 5.74) is 0.546. The highest BCUT2D eigenvalue weighted by atomic mass is 32.1. The highest BCUT2D eigenvalue weighted by Gasteiger charge is 2.10. The number of rotatable bonds is 2. The molecule has 88 valence electrons. The molecule has 0 amide bonds. The van der Waals surface area contributed by atoms with Gasteiger partial charge in [0.1, 0.15) is 0 Å². The Bertz CT molecular complexity index is 644. The molecule has 0 saturated carbocycles. The second kappa shape index (κ2) is 3.95. The van der Waals surface area contributed by atoms with Crippen LogP contribution >= 0.6 is 12.2 Å². The lowest BCUT2D eigenvalue weighted by molar-refractivity contribution is 0.0697. The molecule has 0 fully saturated rings. The van der Waals surface area contributed by atoms with Crippen molar-refractivity contribution >= 4 is 18.2 Å². The van der Waals surface area contributed by atoms with Gasteiger partial charge >= 0.3 is 5.97 Å². The zero-order chi connectivity index (χ0) is 12.6. The highest BCUT2D eigenvalue weighted by Crippen LogP contribution is 2.19. The van der Waals surface area contributed by atoms with E-state index >= 15 is 0 Å². The average molecular weight is 251 g/mol. The van der Waals surface area contributed by atoms with E-state index in [0.717, 1.165) is 4.68 Å². The van der Waals surface area contributed by atoms with Crippen LogP contribution in [0.25, 0.3) is 5.69 Å². The van der Waals surface area contributed by atoms with Crippen LogP contribution in [0.2, 0.25) is 0 Å². The minimum Gasteiger partial charge on any atom is -0.493 e. The topological polar surface area (TPSA) is 93.4 Å². The summed E-state index contributed by atoms with van der Waals surface area (Å²) in [7, 11) is 0. The maximum Gasteiger partial charge on any atom is 0.335 e. The molecule has 6 nitrogen and oxygen atoms in total. The molecule has 1 heterocycles. The van der Waals surface area contributed by atoms with Gasteiger partial charge in [0.25, 0.3) is 0 Å². The van der Waals surface area contributed by atoms with Crippen molar-refractivity contribution in [3.05, 3.63) is 40.8 Å². The Morgan fingerprint density at radius 2 is 2.12 bits per heavy atom. The number of carboxylic acid groups (broad SMARTS) is 1. The summed E-state index contributed by atoms with van der Waals surface area (Å²) >= 11 is 5.00. The van der Waals surface area contributed by atoms with Crippen molar-refractivity contribution in [3.63, 3.8) is 0 Å². The minimum atomic E-state index is -1.05. The third kappa shape index (κ3) is 1.87. The number of hydrogen-bond acceptors (Lipinski definition) is 4. The van der Waals surface area contributed by atoms with Crippen molar-refractivity contribution < 1.29 is 15.0 Å². The predicted molar refractivity (Wildman–Crippen MR) is 63.4 cm³/mol. The van der Waals surface area contributed by atoms with E-state index in [1.54, 1.807) is 12.1 Å². The molecule has 7 heteroatoms. The van der Waals surface area contributed by atoms with E-state index in [1.165, 1.54) is 22.9 Å². The first-order valence-corrected chi connectivity index (χ1v) is 5.03. The first kappa shape index (κ1) is 11.2. The van der Waals surface area contributed by atoms with E-state index in [-0.39, 0.29) is 16.2 Å². The van der Waals surface area contributed by atoms with E-state index in [9.17, 15) is 9.90 Å². The molecule has 0 saturated heterocycles. The molecule has 17 heavy (non-hydrogen) atoms. The van der Waals surface area contributed by atoms with Gasteiger partial charge in [0.15, 0.2) is 0 Å². The quantitative estimate of drug-likeness (QED) is 0.549. The van der Waals surface area contributed by atoms with Crippen LogP contribution in [-0.2, 0) is 0 Å². The van der Waals surface area contributed by atoms with Gasteiger partial charge in [-0.05, 0) is 30.4 Å². The number of hydrogen-bond donors (Lipinski definition) is 3. The Balaban J connectivity index is 2.65. The maximum atomic E-state index is 10.8. The molecule has 4 N–H and O–H groups in total. The molecule has 0 aliphatic rings. The van der Waals surface area contributed by atoms with Crippen molar-refractivity contribution in [2.24, 2.45) is 0 Å². The summed E-state index contributed by atoms with van der Waals surface area (Å²) in [6.07, 6.45) is 1.25. The van der Waals surface area contributed by atoms with Gasteiger partial charge < -0.3 is 16.1 Å². The second-order valence-corrected chi connectivity index (χ2v) is 3.73. The third-order valence-corrected chi connectivity index (χ3v) is 2.64. The van der Waals surface area contributed by atoms with E-state index in [4.69, 9.17) is 23.2 Å². The molecule has 0 bridgehead atoms. The minimum absolute atomic E-state index is 0.105. The summed E-state index contributed by atoms with van der Waals surface area (Å²) in [6.45, 7) is 0. The molecule has 0 atom stereocenters. The summed E-state index contributed by atoms with van der Waals surface area (Å²) < 4.78 is 2.53. The van der Waals surface area contributed by atoms with E-state index in [0.29, 0.717) is 5.69 Å². The van der Waals surface area contributed by atoms with Crippen molar-refractivity contribution in [2.45, 2.75) is 0 Å². The van der Waals surface area contributed by atoms with Crippen LogP contribution in [0, 0.1) is 4.77 Å². The zero-order valence-corrected chi connectivity index (χ0v) is 9.39. The zero-order valence-electron chi connectivity index (χ0n) is 8.57. The van der Waals surface area contributed by atoms with Crippen molar-refractivity contribution in [1.82, 2.24) is 9.24 Å². The maximum absolute atomic E-state index is 10.8. The van der Waals surface area contributed by atoms with Gasteiger partial charge in [-0.2, -0.15) is 0 Å². The van der Waals surface area contributed by atoms with Crippen LogP contribution in [0.1, 0.15) is 10.4 Å². The normalized spacial score (nSPS) is 10.4. The van der Waals surface area contributed by atoms with Crippen molar-refractivity contribution in [1.29, 1.82) is 0 Å². The van der Waals surface area contributed by atoms with Crippen molar-refractivity contribution in [2.75, 3.05) is 5.84 Å². The Kier molecular flexibility index (Phi) is 2.60. The molecule has 0 aliphatic carbocycles. The number of aromatic nitrogens is 2. The van der Waals surface area contributed by atoms with Crippen LogP contribution in [0.4, 0.5) is 0 Å². The second-order valence-electron chi connectivity index (χ2n) is 3.37. The smallest absolute Gasteiger partial charge is 0.335 e. The lowest BCUT2D eigenvalue weighted by Gasteiger charge is -2.04. The molecule has 2 aromatic rings. The number of carboxylic acids is 1. The Morgan fingerprint density at radius 3 is 2.65 bits per heavy atom. The molecule has 0 spiro atoms. The van der Waals surface area contributed by atoms with Crippen molar-refractivity contribution in [3.8, 4) is 11.6 Å². The van der Waals surface area contributed by atoms with E-state index in [1.807, 2.05) is 0 Å². The third-order valence-electron chi connectivity index (χ3n) is 2.25. The molecule has 1 aromatic carbocycles. The number of nitrogen functional groups attached to an aromatic ring is 1. The monoisotopic (exact) mass is 251 g/mol. The molecule has 0 radical (unpaired) electrons. The largest absolute Gasteiger partial charge is 0.493 e. The number of carbonyl (C=O) groups is 1. The summed E-state index contributed by atoms with van der Waals surface area (Å²) in [5, 5.41) is 18.5. The number of nitrogens with two attached hydrogens (primary N) is 1. The van der Waals surface area contributed by atoms with Crippen LogP contribution in [0.15, 0.2) is 30.5 Å². The molecular weight excluding hydrogens is 242 g/mol. The Morgan fingerprint density at radius 1 is 1.41 bits per heavy atom. The Labute approximate surface area is 101 Å². The number of benzene rings is 1. The van der Waals surface area contributed by atoms with Gasteiger partial charge in [0.05, 0.1) is 17.4 Å². The fraction of sp³-hybridized carbons (Fsp3) is 0.